The summed E-state index contributed by atoms with van der Waals surface area (Å²) >= 11 is 1.39. The van der Waals surface area contributed by atoms with Crippen LogP contribution in [-0.4, -0.2) is 40.6 Å². The Morgan fingerprint density at radius 3 is 2.81 bits per heavy atom. The highest BCUT2D eigenvalue weighted by Gasteiger charge is 2.24. The second-order valence-electron chi connectivity index (χ2n) is 5.53. The van der Waals surface area contributed by atoms with Crippen LogP contribution in [0.15, 0.2) is 59.6 Å². The average Bonchev–Trinajstić information content (AvgIpc) is 3.14. The fourth-order valence-corrected chi connectivity index (χ4v) is 3.44. The largest absolute Gasteiger partial charge is 0.484 e. The maximum atomic E-state index is 12.4. The number of carbonyl (C=O) groups is 1. The van der Waals surface area contributed by atoms with Gasteiger partial charge in [-0.1, -0.05) is 42.1 Å². The van der Waals surface area contributed by atoms with Gasteiger partial charge in [0.05, 0.1) is 11.5 Å². The summed E-state index contributed by atoms with van der Waals surface area (Å²) in [7, 11) is 0. The average molecular weight is 371 g/mol. The monoisotopic (exact) mass is 371 g/mol. The minimum Gasteiger partial charge on any atom is -0.484 e. The van der Waals surface area contributed by atoms with Gasteiger partial charge in [0.15, 0.2) is 11.8 Å². The van der Waals surface area contributed by atoms with Gasteiger partial charge in [0.25, 0.3) is 11.6 Å². The third-order valence-corrected chi connectivity index (χ3v) is 4.78. The number of benzene rings is 2. The molecule has 0 radical (unpaired) electrons. The van der Waals surface area contributed by atoms with Crippen LogP contribution in [-0.2, 0) is 10.5 Å². The molecule has 1 amide bonds. The molecule has 1 heterocycles. The Kier molecular flexibility index (Phi) is 5.85. The first-order valence-corrected chi connectivity index (χ1v) is 9.01. The number of rotatable bonds is 6. The molecule has 0 spiro atoms. The van der Waals surface area contributed by atoms with Gasteiger partial charge >= 0.3 is 0 Å². The molecule has 3 rings (SSSR count). The molecule has 1 aliphatic heterocycles. The summed E-state index contributed by atoms with van der Waals surface area (Å²) in [6, 6.07) is 15.6. The van der Waals surface area contributed by atoms with Crippen molar-refractivity contribution in [1.29, 1.82) is 0 Å². The van der Waals surface area contributed by atoms with E-state index in [0.717, 1.165) is 5.56 Å². The van der Waals surface area contributed by atoms with Crippen LogP contribution in [0, 0.1) is 10.1 Å². The third-order valence-electron chi connectivity index (χ3n) is 3.70. The first-order valence-electron chi connectivity index (χ1n) is 8.02. The Balaban J connectivity index is 1.55. The second-order valence-corrected chi connectivity index (χ2v) is 6.47. The lowest BCUT2D eigenvalue weighted by Gasteiger charge is -2.18. The molecule has 0 aromatic heterocycles. The van der Waals surface area contributed by atoms with Gasteiger partial charge in [-0.3, -0.25) is 24.8 Å². The molecule has 0 atom stereocenters. The molecule has 134 valence electrons. The van der Waals surface area contributed by atoms with Gasteiger partial charge in [0.2, 0.25) is 0 Å². The molecular weight excluding hydrogens is 354 g/mol. The van der Waals surface area contributed by atoms with Crippen LogP contribution in [0.4, 0.5) is 5.69 Å². The van der Waals surface area contributed by atoms with Gasteiger partial charge in [-0.25, -0.2) is 0 Å². The van der Waals surface area contributed by atoms with Gasteiger partial charge in [0, 0.05) is 24.4 Å². The van der Waals surface area contributed by atoms with Crippen molar-refractivity contribution in [2.24, 2.45) is 4.99 Å². The summed E-state index contributed by atoms with van der Waals surface area (Å²) in [4.78, 5) is 28.8. The zero-order valence-corrected chi connectivity index (χ0v) is 14.7. The number of hydrogen-bond donors (Lipinski definition) is 0. The van der Waals surface area contributed by atoms with E-state index in [-0.39, 0.29) is 18.2 Å². The molecule has 0 fully saturated rings. The van der Waals surface area contributed by atoms with E-state index in [1.165, 1.54) is 23.9 Å². The summed E-state index contributed by atoms with van der Waals surface area (Å²) in [5.74, 6) is 0.989. The van der Waals surface area contributed by atoms with E-state index in [9.17, 15) is 14.9 Å². The van der Waals surface area contributed by atoms with E-state index in [2.05, 4.69) is 4.99 Å². The predicted octanol–water partition coefficient (Wildman–Crippen LogP) is 3.11. The Hall–Kier alpha value is -2.87. The van der Waals surface area contributed by atoms with Gasteiger partial charge in [-0.05, 0) is 17.7 Å². The number of para-hydroxylation sites is 1. The van der Waals surface area contributed by atoms with Crippen molar-refractivity contribution in [2.45, 2.75) is 5.75 Å². The van der Waals surface area contributed by atoms with E-state index in [4.69, 9.17) is 4.74 Å². The fourth-order valence-electron chi connectivity index (χ4n) is 2.43. The maximum absolute atomic E-state index is 12.4. The number of aliphatic imine (C=N–C) groups is 1. The number of nitro groups is 1. The van der Waals surface area contributed by atoms with E-state index in [1.54, 1.807) is 23.1 Å². The topological polar surface area (TPSA) is 85.0 Å². The molecule has 2 aromatic rings. The smallest absolute Gasteiger partial charge is 0.269 e. The number of amides is 1. The second kappa shape index (κ2) is 8.48. The number of nitro benzene ring substituents is 1. The number of ether oxygens (including phenoxy) is 1. The SMILES string of the molecule is O=C(COc1ccccc1)N1CCN=C1SCc1cccc([N+](=O)[O-])c1. The number of amidine groups is 1. The van der Waals surface area contributed by atoms with Crippen LogP contribution in [0.3, 0.4) is 0 Å². The Morgan fingerprint density at radius 1 is 1.23 bits per heavy atom. The van der Waals surface area contributed by atoms with Crippen molar-refractivity contribution in [1.82, 2.24) is 4.90 Å². The first-order chi connectivity index (χ1) is 12.6. The molecule has 0 saturated heterocycles. The normalized spacial score (nSPS) is 13.4. The van der Waals surface area contributed by atoms with Crippen LogP contribution in [0.2, 0.25) is 0 Å². The lowest BCUT2D eigenvalue weighted by Crippen LogP contribution is -2.36. The van der Waals surface area contributed by atoms with Crippen LogP contribution in [0.5, 0.6) is 5.75 Å². The lowest BCUT2D eigenvalue weighted by atomic mass is 10.2. The predicted molar refractivity (Wildman–Crippen MR) is 100 cm³/mol. The number of thioether (sulfide) groups is 1. The minimum atomic E-state index is -0.419. The summed E-state index contributed by atoms with van der Waals surface area (Å²) < 4.78 is 5.50. The highest BCUT2D eigenvalue weighted by Crippen LogP contribution is 2.22. The molecule has 0 saturated carbocycles. The Bertz CT molecular complexity index is 826. The summed E-state index contributed by atoms with van der Waals surface area (Å²) in [6.07, 6.45) is 0. The number of non-ortho nitro benzene ring substituents is 1. The number of nitrogens with zero attached hydrogens (tertiary/aromatic N) is 3. The molecule has 1 aliphatic rings. The quantitative estimate of drug-likeness (QED) is 0.575. The molecule has 8 heteroatoms. The highest BCUT2D eigenvalue weighted by atomic mass is 32.2. The molecule has 2 aromatic carbocycles. The number of hydrogen-bond acceptors (Lipinski definition) is 6. The van der Waals surface area contributed by atoms with Crippen molar-refractivity contribution in [2.75, 3.05) is 19.7 Å². The van der Waals surface area contributed by atoms with Crippen molar-refractivity contribution in [3.63, 3.8) is 0 Å². The van der Waals surface area contributed by atoms with E-state index in [1.807, 2.05) is 24.3 Å². The van der Waals surface area contributed by atoms with Gasteiger partial charge in [0.1, 0.15) is 5.75 Å². The summed E-state index contributed by atoms with van der Waals surface area (Å²) in [5, 5.41) is 11.5. The van der Waals surface area contributed by atoms with Crippen molar-refractivity contribution in [3.8, 4) is 5.75 Å². The Labute approximate surface area is 154 Å². The number of carbonyl (C=O) groups excluding carboxylic acids is 1. The maximum Gasteiger partial charge on any atom is 0.269 e. The van der Waals surface area contributed by atoms with Crippen molar-refractivity contribution < 1.29 is 14.5 Å². The molecular formula is C18H17N3O4S. The van der Waals surface area contributed by atoms with Crippen LogP contribution >= 0.6 is 11.8 Å². The zero-order valence-electron chi connectivity index (χ0n) is 13.9. The lowest BCUT2D eigenvalue weighted by molar-refractivity contribution is -0.384. The first kappa shape index (κ1) is 17.9. The summed E-state index contributed by atoms with van der Waals surface area (Å²) in [6.45, 7) is 1.02. The van der Waals surface area contributed by atoms with Gasteiger partial charge < -0.3 is 4.74 Å². The molecule has 7 nitrogen and oxygen atoms in total. The molecule has 0 N–H and O–H groups in total. The van der Waals surface area contributed by atoms with Crippen molar-refractivity contribution in [3.05, 3.63) is 70.3 Å². The highest BCUT2D eigenvalue weighted by molar-refractivity contribution is 8.13. The van der Waals surface area contributed by atoms with Gasteiger partial charge in [-0.2, -0.15) is 0 Å². The standard InChI is InChI=1S/C18H17N3O4S/c22-17(12-25-16-7-2-1-3-8-16)20-10-9-19-18(20)26-13-14-5-4-6-15(11-14)21(23)24/h1-8,11H,9-10,12-13H2. The molecule has 0 unspecified atom stereocenters. The van der Waals surface area contributed by atoms with E-state index in [0.29, 0.717) is 29.8 Å². The van der Waals surface area contributed by atoms with Crippen LogP contribution in [0.25, 0.3) is 0 Å². The van der Waals surface area contributed by atoms with E-state index < -0.39 is 4.92 Å². The molecule has 0 bridgehead atoms. The third kappa shape index (κ3) is 4.60. The minimum absolute atomic E-state index is 0.0552. The van der Waals surface area contributed by atoms with Crippen LogP contribution < -0.4 is 4.74 Å². The fraction of sp³-hybridized carbons (Fsp3) is 0.222. The Morgan fingerprint density at radius 2 is 2.04 bits per heavy atom. The molecule has 26 heavy (non-hydrogen) atoms. The van der Waals surface area contributed by atoms with E-state index >= 15 is 0 Å². The zero-order chi connectivity index (χ0) is 18.4. The summed E-state index contributed by atoms with van der Waals surface area (Å²) in [5.41, 5.74) is 0.868. The van der Waals surface area contributed by atoms with Crippen LogP contribution in [0.1, 0.15) is 5.56 Å². The van der Waals surface area contributed by atoms with Crippen molar-refractivity contribution >= 4 is 28.5 Å². The molecule has 0 aliphatic carbocycles. The van der Waals surface area contributed by atoms with Gasteiger partial charge in [-0.15, -0.1) is 0 Å².